The summed E-state index contributed by atoms with van der Waals surface area (Å²) in [5.74, 6) is -2.12. The molecule has 0 bridgehead atoms. The molecular formula is C75H146O17P2. The van der Waals surface area contributed by atoms with Gasteiger partial charge in [-0.05, 0) is 25.7 Å². The van der Waals surface area contributed by atoms with Crippen molar-refractivity contribution in [3.63, 3.8) is 0 Å². The summed E-state index contributed by atoms with van der Waals surface area (Å²) in [5, 5.41) is 10.6. The second-order valence-corrected chi connectivity index (χ2v) is 29.9. The minimum Gasteiger partial charge on any atom is -0.462 e. The van der Waals surface area contributed by atoms with Gasteiger partial charge in [-0.15, -0.1) is 0 Å². The minimum absolute atomic E-state index is 0.106. The van der Waals surface area contributed by atoms with Crippen LogP contribution in [0.4, 0.5) is 0 Å². The summed E-state index contributed by atoms with van der Waals surface area (Å²) in [5.41, 5.74) is 0. The van der Waals surface area contributed by atoms with Crippen LogP contribution in [0.2, 0.25) is 0 Å². The lowest BCUT2D eigenvalue weighted by molar-refractivity contribution is -0.161. The Labute approximate surface area is 575 Å². The maximum atomic E-state index is 13.1. The van der Waals surface area contributed by atoms with Gasteiger partial charge in [0.05, 0.1) is 26.4 Å². The molecule has 3 N–H and O–H groups in total. The van der Waals surface area contributed by atoms with E-state index in [0.29, 0.717) is 25.7 Å². The number of aliphatic hydroxyl groups excluding tert-OH is 1. The molecule has 0 rings (SSSR count). The number of unbranched alkanes of at least 4 members (excludes halogenated alkanes) is 50. The first-order valence-corrected chi connectivity index (χ1v) is 42.3. The molecule has 0 amide bonds. The Morgan fingerprint density at radius 3 is 0.628 bits per heavy atom. The summed E-state index contributed by atoms with van der Waals surface area (Å²) >= 11 is 0. The summed E-state index contributed by atoms with van der Waals surface area (Å²) in [7, 11) is -9.90. The van der Waals surface area contributed by atoms with Crippen LogP contribution >= 0.6 is 15.6 Å². The van der Waals surface area contributed by atoms with Gasteiger partial charge in [-0.1, -0.05) is 349 Å². The second-order valence-electron chi connectivity index (χ2n) is 27.0. The van der Waals surface area contributed by atoms with Crippen molar-refractivity contribution in [2.24, 2.45) is 0 Å². The van der Waals surface area contributed by atoms with Crippen molar-refractivity contribution in [1.82, 2.24) is 0 Å². The van der Waals surface area contributed by atoms with Gasteiger partial charge in [0.15, 0.2) is 12.2 Å². The third-order valence-corrected chi connectivity index (χ3v) is 19.5. The van der Waals surface area contributed by atoms with E-state index in [4.69, 9.17) is 37.0 Å². The van der Waals surface area contributed by atoms with Crippen LogP contribution in [0, 0.1) is 0 Å². The number of hydrogen-bond donors (Lipinski definition) is 3. The summed E-state index contributed by atoms with van der Waals surface area (Å²) < 4.78 is 68.4. The average Bonchev–Trinajstić information content (AvgIpc) is 3.60. The smallest absolute Gasteiger partial charge is 0.462 e. The van der Waals surface area contributed by atoms with Crippen LogP contribution in [-0.2, 0) is 65.4 Å². The lowest BCUT2D eigenvalue weighted by atomic mass is 10.0. The average molecular weight is 1380 g/mol. The molecule has 0 aliphatic heterocycles. The molecule has 0 aromatic rings. The van der Waals surface area contributed by atoms with Gasteiger partial charge in [0, 0.05) is 25.7 Å². The molecule has 5 atom stereocenters. The van der Waals surface area contributed by atoms with Gasteiger partial charge in [-0.3, -0.25) is 37.3 Å². The Morgan fingerprint density at radius 2 is 0.426 bits per heavy atom. The number of aliphatic hydroxyl groups is 1. The van der Waals surface area contributed by atoms with Crippen LogP contribution in [0.5, 0.6) is 0 Å². The van der Waals surface area contributed by atoms with Gasteiger partial charge < -0.3 is 33.8 Å². The molecule has 0 aromatic carbocycles. The lowest BCUT2D eigenvalue weighted by Gasteiger charge is -2.21. The van der Waals surface area contributed by atoms with Gasteiger partial charge in [0.25, 0.3) is 0 Å². The number of esters is 4. The lowest BCUT2D eigenvalue weighted by Crippen LogP contribution is -2.30. The predicted octanol–water partition coefficient (Wildman–Crippen LogP) is 22.2. The van der Waals surface area contributed by atoms with Crippen LogP contribution in [0.1, 0.15) is 400 Å². The Balaban J connectivity index is 5.16. The standard InChI is InChI=1S/C75H146O17P2/c1-5-9-13-17-21-25-27-29-31-32-33-34-35-36-38-40-42-46-50-54-58-62-75(80)92-71(66-86-73(78)60-56-52-48-45-41-39-37-30-28-26-22-18-14-10-6-2)68-90-94(83,84)88-64-69(76)63-87-93(81,82)89-67-70(91-74(79)61-57-53-49-44-24-20-16-12-8-4)65-85-72(77)59-55-51-47-43-23-19-15-11-7-3/h69-71,76H,5-68H2,1-4H3,(H,81,82)(H,83,84)/t69-,70+,71+/m0/s1. The Hall–Kier alpha value is -1.94. The van der Waals surface area contributed by atoms with E-state index in [0.717, 1.165) is 89.9 Å². The van der Waals surface area contributed by atoms with Gasteiger partial charge in [0.1, 0.15) is 19.3 Å². The fourth-order valence-corrected chi connectivity index (χ4v) is 13.2. The third-order valence-electron chi connectivity index (χ3n) is 17.6. The van der Waals surface area contributed by atoms with E-state index in [2.05, 4.69) is 27.7 Å². The fourth-order valence-electron chi connectivity index (χ4n) is 11.6. The normalized spacial score (nSPS) is 13.9. The van der Waals surface area contributed by atoms with Crippen LogP contribution in [-0.4, -0.2) is 96.7 Å². The molecule has 0 radical (unpaired) electrons. The first-order valence-electron chi connectivity index (χ1n) is 39.3. The first-order chi connectivity index (χ1) is 45.7. The third kappa shape index (κ3) is 68.6. The maximum absolute atomic E-state index is 13.1. The van der Waals surface area contributed by atoms with Crippen LogP contribution < -0.4 is 0 Å². The van der Waals surface area contributed by atoms with E-state index in [9.17, 15) is 43.2 Å². The van der Waals surface area contributed by atoms with E-state index in [1.54, 1.807) is 0 Å². The molecule has 0 fully saturated rings. The highest BCUT2D eigenvalue weighted by Gasteiger charge is 2.30. The van der Waals surface area contributed by atoms with Crippen molar-refractivity contribution in [2.75, 3.05) is 39.6 Å². The van der Waals surface area contributed by atoms with Crippen molar-refractivity contribution < 1.29 is 80.2 Å². The summed E-state index contributed by atoms with van der Waals surface area (Å²) in [6.45, 7) is 4.95. The van der Waals surface area contributed by atoms with Crippen molar-refractivity contribution >= 4 is 39.5 Å². The van der Waals surface area contributed by atoms with Gasteiger partial charge in [-0.25, -0.2) is 9.13 Å². The zero-order valence-corrected chi connectivity index (χ0v) is 62.7. The highest BCUT2D eigenvalue weighted by atomic mass is 31.2. The summed E-state index contributed by atoms with van der Waals surface area (Å²) in [4.78, 5) is 72.6. The quantitative estimate of drug-likeness (QED) is 0.0222. The van der Waals surface area contributed by atoms with Gasteiger partial charge in [0.2, 0.25) is 0 Å². The fraction of sp³-hybridized carbons (Fsp3) is 0.947. The van der Waals surface area contributed by atoms with E-state index in [-0.39, 0.29) is 25.7 Å². The summed E-state index contributed by atoms with van der Waals surface area (Å²) in [6, 6.07) is 0. The minimum atomic E-state index is -4.95. The number of rotatable bonds is 76. The van der Waals surface area contributed by atoms with Crippen LogP contribution in [0.15, 0.2) is 0 Å². The highest BCUT2D eigenvalue weighted by molar-refractivity contribution is 7.47. The largest absolute Gasteiger partial charge is 0.472 e. The number of carbonyl (C=O) groups excluding carboxylic acids is 4. The van der Waals surface area contributed by atoms with E-state index in [1.807, 2.05) is 0 Å². The molecule has 2 unspecified atom stereocenters. The molecule has 0 aliphatic carbocycles. The van der Waals surface area contributed by atoms with E-state index in [1.165, 1.54) is 231 Å². The molecular weight excluding hydrogens is 1230 g/mol. The topological polar surface area (TPSA) is 237 Å². The SMILES string of the molecule is CCCCCCCCCCCCCCCCCCCCCCCC(=O)O[C@H](COC(=O)CCCCCCCCCCCCCCCCC)COP(=O)(O)OC[C@@H](O)COP(=O)(O)OC[C@@H](COC(=O)CCCCCCCCCCC)OC(=O)CCCCCCCCCCC. The zero-order chi connectivity index (χ0) is 69.0. The van der Waals surface area contributed by atoms with Crippen molar-refractivity contribution in [3.05, 3.63) is 0 Å². The van der Waals surface area contributed by atoms with E-state index < -0.39 is 97.5 Å². The number of carbonyl (C=O) groups is 4. The number of phosphoric acid groups is 2. The number of ether oxygens (including phenoxy) is 4. The molecule has 0 aliphatic rings. The molecule has 0 aromatic heterocycles. The van der Waals surface area contributed by atoms with Crippen molar-refractivity contribution in [3.8, 4) is 0 Å². The second kappa shape index (κ2) is 69.5. The Morgan fingerprint density at radius 1 is 0.255 bits per heavy atom. The van der Waals surface area contributed by atoms with Crippen molar-refractivity contribution in [2.45, 2.75) is 418 Å². The van der Waals surface area contributed by atoms with Gasteiger partial charge in [-0.2, -0.15) is 0 Å². The molecule has 558 valence electrons. The Bertz CT molecular complexity index is 1790. The molecule has 19 heteroatoms. The summed E-state index contributed by atoms with van der Waals surface area (Å²) in [6.07, 6.45) is 59.8. The Kier molecular flexibility index (Phi) is 68.1. The molecule has 0 spiro atoms. The highest BCUT2D eigenvalue weighted by Crippen LogP contribution is 2.45. The maximum Gasteiger partial charge on any atom is 0.472 e. The molecule has 0 saturated carbocycles. The van der Waals surface area contributed by atoms with Gasteiger partial charge >= 0.3 is 39.5 Å². The van der Waals surface area contributed by atoms with Crippen molar-refractivity contribution in [1.29, 1.82) is 0 Å². The first kappa shape index (κ1) is 92.1. The number of phosphoric ester groups is 2. The van der Waals surface area contributed by atoms with Crippen LogP contribution in [0.3, 0.4) is 0 Å². The number of hydrogen-bond acceptors (Lipinski definition) is 15. The predicted molar refractivity (Wildman–Crippen MR) is 382 cm³/mol. The zero-order valence-electron chi connectivity index (χ0n) is 60.9. The molecule has 0 saturated heterocycles. The van der Waals surface area contributed by atoms with E-state index >= 15 is 0 Å². The molecule has 17 nitrogen and oxygen atoms in total. The molecule has 94 heavy (non-hydrogen) atoms. The van der Waals surface area contributed by atoms with Crippen LogP contribution in [0.25, 0.3) is 0 Å². The molecule has 0 heterocycles. The monoisotopic (exact) mass is 1380 g/mol.